The van der Waals surface area contributed by atoms with Crippen molar-refractivity contribution in [1.29, 1.82) is 0 Å². The van der Waals surface area contributed by atoms with E-state index in [4.69, 9.17) is 0 Å². The largest absolute Gasteiger partial charge is 0.330 e. The second-order valence-corrected chi connectivity index (χ2v) is 6.44. The third kappa shape index (κ3) is 2.35. The summed E-state index contributed by atoms with van der Waals surface area (Å²) in [5.74, 6) is 0. The molecule has 0 unspecified atom stereocenters. The molecule has 0 N–H and O–H groups in total. The molecule has 2 rings (SSSR count). The van der Waals surface area contributed by atoms with Gasteiger partial charge in [0.05, 0.1) is 4.92 Å². The second-order valence-electron chi connectivity index (χ2n) is 4.58. The van der Waals surface area contributed by atoms with Gasteiger partial charge >= 0.3 is 5.69 Å². The Morgan fingerprint density at radius 1 is 1.26 bits per heavy atom. The number of nitrogens with zero attached hydrogens (tertiary/aromatic N) is 4. The van der Waals surface area contributed by atoms with Crippen LogP contribution in [-0.4, -0.2) is 40.5 Å². The molecule has 1 fully saturated rings. The van der Waals surface area contributed by atoms with E-state index in [2.05, 4.69) is 5.10 Å². The van der Waals surface area contributed by atoms with Gasteiger partial charge in [-0.15, -0.1) is 0 Å². The molecule has 1 aliphatic heterocycles. The lowest BCUT2D eigenvalue weighted by molar-refractivity contribution is -0.388. The first-order chi connectivity index (χ1) is 8.85. The second kappa shape index (κ2) is 4.89. The fraction of sp³-hybridized carbons (Fsp3) is 0.700. The van der Waals surface area contributed by atoms with E-state index in [0.29, 0.717) is 13.1 Å². The number of nitro groups is 1. The highest BCUT2D eigenvalue weighted by Gasteiger charge is 2.38. The predicted molar refractivity (Wildman–Crippen MR) is 67.2 cm³/mol. The van der Waals surface area contributed by atoms with Gasteiger partial charge in [-0.1, -0.05) is 6.42 Å². The lowest BCUT2D eigenvalue weighted by atomic mass is 10.2. The van der Waals surface area contributed by atoms with Crippen LogP contribution in [-0.2, 0) is 17.1 Å². The minimum atomic E-state index is -3.86. The van der Waals surface area contributed by atoms with Crippen LogP contribution in [0.5, 0.6) is 0 Å². The summed E-state index contributed by atoms with van der Waals surface area (Å²) in [6.07, 6.45) is 2.55. The van der Waals surface area contributed by atoms with Crippen molar-refractivity contribution in [2.24, 2.45) is 7.05 Å². The summed E-state index contributed by atoms with van der Waals surface area (Å²) in [5, 5.41) is 14.6. The molecule has 0 spiro atoms. The molecular weight excluding hydrogens is 272 g/mol. The minimum Gasteiger partial charge on any atom is -0.258 e. The first-order valence-electron chi connectivity index (χ1n) is 6.04. The van der Waals surface area contributed by atoms with E-state index in [9.17, 15) is 18.5 Å². The highest BCUT2D eigenvalue weighted by atomic mass is 32.2. The van der Waals surface area contributed by atoms with Gasteiger partial charge < -0.3 is 0 Å². The maximum Gasteiger partial charge on any atom is 0.330 e. The Labute approximate surface area is 111 Å². The lowest BCUT2D eigenvalue weighted by Gasteiger charge is -2.25. The minimum absolute atomic E-state index is 0.114. The molecule has 8 nitrogen and oxygen atoms in total. The quantitative estimate of drug-likeness (QED) is 0.605. The molecule has 9 heteroatoms. The van der Waals surface area contributed by atoms with Crippen molar-refractivity contribution in [3.05, 3.63) is 15.8 Å². The molecule has 1 aromatic heterocycles. The maximum atomic E-state index is 12.5. The Morgan fingerprint density at radius 3 is 2.37 bits per heavy atom. The van der Waals surface area contributed by atoms with E-state index in [1.807, 2.05) is 0 Å². The highest BCUT2D eigenvalue weighted by Crippen LogP contribution is 2.30. The number of piperidine rings is 1. The molecule has 1 saturated heterocycles. The fourth-order valence-electron chi connectivity index (χ4n) is 2.35. The Morgan fingerprint density at radius 2 is 1.84 bits per heavy atom. The predicted octanol–water partition coefficient (Wildman–Crippen LogP) is 0.811. The number of rotatable bonds is 3. The number of hydrogen-bond donors (Lipinski definition) is 0. The first-order valence-corrected chi connectivity index (χ1v) is 7.48. The van der Waals surface area contributed by atoms with Gasteiger partial charge in [0.15, 0.2) is 0 Å². The van der Waals surface area contributed by atoms with Gasteiger partial charge in [0.1, 0.15) is 5.69 Å². The van der Waals surface area contributed by atoms with Crippen LogP contribution in [0.15, 0.2) is 5.03 Å². The Bertz CT molecular complexity index is 601. The van der Waals surface area contributed by atoms with Gasteiger partial charge in [-0.3, -0.25) is 10.1 Å². The Kier molecular flexibility index (Phi) is 3.59. The summed E-state index contributed by atoms with van der Waals surface area (Å²) in [6, 6.07) is 0. The summed E-state index contributed by atoms with van der Waals surface area (Å²) < 4.78 is 27.4. The van der Waals surface area contributed by atoms with E-state index in [0.717, 1.165) is 23.9 Å². The van der Waals surface area contributed by atoms with Gasteiger partial charge in [-0.25, -0.2) is 13.1 Å². The van der Waals surface area contributed by atoms with Gasteiger partial charge in [0.2, 0.25) is 5.03 Å². The van der Waals surface area contributed by atoms with Gasteiger partial charge in [-0.05, 0) is 19.8 Å². The van der Waals surface area contributed by atoms with Crippen molar-refractivity contribution in [2.75, 3.05) is 13.1 Å². The lowest BCUT2D eigenvalue weighted by Crippen LogP contribution is -2.36. The maximum absolute atomic E-state index is 12.5. The van der Waals surface area contributed by atoms with Crippen molar-refractivity contribution in [3.8, 4) is 0 Å². The van der Waals surface area contributed by atoms with Crippen LogP contribution in [0, 0.1) is 17.0 Å². The zero-order chi connectivity index (χ0) is 14.2. The summed E-state index contributed by atoms with van der Waals surface area (Å²) in [7, 11) is -2.44. The molecule has 1 aromatic rings. The molecule has 0 aromatic carbocycles. The van der Waals surface area contributed by atoms with Crippen LogP contribution in [0.25, 0.3) is 0 Å². The molecular formula is C10H16N4O4S. The third-order valence-corrected chi connectivity index (χ3v) is 5.21. The number of aromatic nitrogens is 2. The van der Waals surface area contributed by atoms with Crippen molar-refractivity contribution >= 4 is 15.7 Å². The molecule has 0 atom stereocenters. The van der Waals surface area contributed by atoms with Crippen LogP contribution in [0.4, 0.5) is 5.69 Å². The number of aryl methyl sites for hydroxylation is 2. The van der Waals surface area contributed by atoms with E-state index in [1.54, 1.807) is 0 Å². The smallest absolute Gasteiger partial charge is 0.258 e. The monoisotopic (exact) mass is 288 g/mol. The van der Waals surface area contributed by atoms with Gasteiger partial charge in [0, 0.05) is 20.1 Å². The summed E-state index contributed by atoms with van der Waals surface area (Å²) in [5.41, 5.74) is -0.309. The van der Waals surface area contributed by atoms with Crippen LogP contribution >= 0.6 is 0 Å². The average molecular weight is 288 g/mol. The van der Waals surface area contributed by atoms with Crippen molar-refractivity contribution < 1.29 is 13.3 Å². The molecule has 19 heavy (non-hydrogen) atoms. The van der Waals surface area contributed by atoms with Crippen LogP contribution < -0.4 is 0 Å². The Hall–Kier alpha value is -1.48. The fourth-order valence-corrected chi connectivity index (χ4v) is 4.18. The van der Waals surface area contributed by atoms with E-state index in [1.165, 1.54) is 18.3 Å². The Balaban J connectivity index is 2.54. The molecule has 0 bridgehead atoms. The van der Waals surface area contributed by atoms with E-state index in [-0.39, 0.29) is 10.7 Å². The van der Waals surface area contributed by atoms with Crippen molar-refractivity contribution in [1.82, 2.24) is 14.1 Å². The average Bonchev–Trinajstić information content (AvgIpc) is 2.66. The molecule has 2 heterocycles. The van der Waals surface area contributed by atoms with Crippen molar-refractivity contribution in [3.63, 3.8) is 0 Å². The van der Waals surface area contributed by atoms with E-state index >= 15 is 0 Å². The van der Waals surface area contributed by atoms with Crippen LogP contribution in [0.1, 0.15) is 25.0 Å². The SMILES string of the molecule is Cc1nn(C)c(S(=O)(=O)N2CCCCC2)c1[N+](=O)[O-]. The molecule has 0 radical (unpaired) electrons. The third-order valence-electron chi connectivity index (χ3n) is 3.22. The zero-order valence-electron chi connectivity index (χ0n) is 10.9. The number of sulfonamides is 1. The standard InChI is InChI=1S/C10H16N4O4S/c1-8-9(14(15)16)10(12(2)11-8)19(17,18)13-6-4-3-5-7-13/h3-7H2,1-2H3. The molecule has 0 amide bonds. The van der Waals surface area contributed by atoms with Crippen LogP contribution in [0.3, 0.4) is 0 Å². The van der Waals surface area contributed by atoms with Crippen LogP contribution in [0.2, 0.25) is 0 Å². The van der Waals surface area contributed by atoms with Gasteiger partial charge in [-0.2, -0.15) is 9.40 Å². The normalized spacial score (nSPS) is 17.6. The van der Waals surface area contributed by atoms with E-state index < -0.39 is 20.6 Å². The summed E-state index contributed by atoms with van der Waals surface area (Å²) in [4.78, 5) is 10.4. The molecule has 106 valence electrons. The molecule has 0 aliphatic carbocycles. The highest BCUT2D eigenvalue weighted by molar-refractivity contribution is 7.89. The topological polar surface area (TPSA) is 98.3 Å². The first kappa shape index (κ1) is 13.9. The van der Waals surface area contributed by atoms with Crippen molar-refractivity contribution in [2.45, 2.75) is 31.2 Å². The molecule has 1 aliphatic rings. The summed E-state index contributed by atoms with van der Waals surface area (Å²) >= 11 is 0. The number of hydrogen-bond acceptors (Lipinski definition) is 5. The zero-order valence-corrected chi connectivity index (χ0v) is 11.7. The van der Waals surface area contributed by atoms with Gasteiger partial charge in [0.25, 0.3) is 10.0 Å². The molecule has 0 saturated carbocycles. The summed E-state index contributed by atoms with van der Waals surface area (Å²) in [6.45, 7) is 2.25.